The Balaban J connectivity index is 1.92. The van der Waals surface area contributed by atoms with Crippen molar-refractivity contribution in [2.45, 2.75) is 5.92 Å². The minimum absolute atomic E-state index is 0.0265. The highest BCUT2D eigenvalue weighted by Gasteiger charge is 2.40. The van der Waals surface area contributed by atoms with Crippen molar-refractivity contribution in [3.8, 4) is 0 Å². The summed E-state index contributed by atoms with van der Waals surface area (Å²) in [7, 11) is 0. The largest absolute Gasteiger partial charge is 0.367 e. The van der Waals surface area contributed by atoms with Crippen LogP contribution in [0.5, 0.6) is 0 Å². The van der Waals surface area contributed by atoms with Crippen molar-refractivity contribution in [1.29, 1.82) is 0 Å². The number of ether oxygens (including phenoxy) is 1. The second-order valence-corrected chi connectivity index (χ2v) is 7.67. The number of nitrogens with one attached hydrogen (secondary N) is 2. The van der Waals surface area contributed by atoms with Gasteiger partial charge in [0.2, 0.25) is 0 Å². The van der Waals surface area contributed by atoms with E-state index >= 15 is 0 Å². The molecule has 5 nitrogen and oxygen atoms in total. The predicted molar refractivity (Wildman–Crippen MR) is 95.5 cm³/mol. The number of halogens is 2. The number of Topliss-reactive ketones (excluding diaryl/α,β-unsaturated/α-hetero) is 2. The molecule has 124 valence electrons. The number of hydrogen-bond acceptors (Lipinski definition) is 5. The first-order valence-electron chi connectivity index (χ1n) is 7.59. The van der Waals surface area contributed by atoms with Crippen molar-refractivity contribution >= 4 is 43.4 Å². The van der Waals surface area contributed by atoms with Crippen LogP contribution in [-0.4, -0.2) is 37.9 Å². The van der Waals surface area contributed by atoms with Gasteiger partial charge in [-0.05, 0) is 49.6 Å². The lowest BCUT2D eigenvalue weighted by atomic mass is 9.76. The summed E-state index contributed by atoms with van der Waals surface area (Å²) in [6.07, 6.45) is 0. The topological polar surface area (TPSA) is 67.4 Å². The van der Waals surface area contributed by atoms with E-state index in [0.29, 0.717) is 30.8 Å². The zero-order chi connectivity index (χ0) is 16.8. The maximum Gasteiger partial charge on any atom is 0.187 e. The second-order valence-electron chi connectivity index (χ2n) is 5.96. The van der Waals surface area contributed by atoms with E-state index in [1.54, 1.807) is 0 Å². The van der Waals surface area contributed by atoms with E-state index in [1.165, 1.54) is 0 Å². The first-order chi connectivity index (χ1) is 11.6. The SMILES string of the molecule is O=C1CNCC2=C1C(c1ccc(Br)c(Br)c1)C1=C(COCC1=O)N2. The van der Waals surface area contributed by atoms with Gasteiger partial charge < -0.3 is 15.4 Å². The van der Waals surface area contributed by atoms with Crippen LogP contribution in [0.2, 0.25) is 0 Å². The van der Waals surface area contributed by atoms with Crippen LogP contribution in [0.1, 0.15) is 11.5 Å². The lowest BCUT2D eigenvalue weighted by molar-refractivity contribution is -0.121. The van der Waals surface area contributed by atoms with E-state index in [9.17, 15) is 9.59 Å². The second kappa shape index (κ2) is 6.22. The fraction of sp³-hybridized carbons (Fsp3) is 0.294. The standard InChI is InChI=1S/C17H14Br2N2O3/c18-9-2-1-8(3-10(9)19)15-16-11(4-20-5-13(16)22)21-12-6-24-7-14(23)17(12)15/h1-3,15,20-21H,4-7H2. The van der Waals surface area contributed by atoms with Crippen LogP contribution < -0.4 is 10.6 Å². The Bertz CT molecular complexity index is 787. The maximum atomic E-state index is 12.6. The Hall–Kier alpha value is -1.28. The number of dihydropyridines is 1. The van der Waals surface area contributed by atoms with Crippen LogP contribution in [0.15, 0.2) is 49.7 Å². The summed E-state index contributed by atoms with van der Waals surface area (Å²) < 4.78 is 7.19. The van der Waals surface area contributed by atoms with E-state index < -0.39 is 0 Å². The molecule has 1 atom stereocenters. The number of ketones is 2. The van der Waals surface area contributed by atoms with Gasteiger partial charge in [0.05, 0.1) is 13.2 Å². The summed E-state index contributed by atoms with van der Waals surface area (Å²) in [5.74, 6) is -0.379. The average Bonchev–Trinajstić information content (AvgIpc) is 2.56. The number of rotatable bonds is 1. The smallest absolute Gasteiger partial charge is 0.187 e. The molecule has 0 saturated carbocycles. The van der Waals surface area contributed by atoms with Gasteiger partial charge in [-0.25, -0.2) is 0 Å². The highest BCUT2D eigenvalue weighted by molar-refractivity contribution is 9.13. The molecule has 1 unspecified atom stereocenters. The molecule has 0 fully saturated rings. The summed E-state index contributed by atoms with van der Waals surface area (Å²) in [5.41, 5.74) is 3.89. The van der Waals surface area contributed by atoms with E-state index in [-0.39, 0.29) is 24.1 Å². The Kier molecular flexibility index (Phi) is 4.20. The third kappa shape index (κ3) is 2.60. The van der Waals surface area contributed by atoms with Crippen molar-refractivity contribution in [1.82, 2.24) is 10.6 Å². The quantitative estimate of drug-likeness (QED) is 0.682. The molecule has 0 saturated heterocycles. The average molecular weight is 454 g/mol. The predicted octanol–water partition coefficient (Wildman–Crippen LogP) is 2.18. The van der Waals surface area contributed by atoms with Crippen molar-refractivity contribution in [2.24, 2.45) is 0 Å². The number of benzene rings is 1. The number of carbonyl (C=O) groups is 2. The number of carbonyl (C=O) groups excluding carboxylic acids is 2. The van der Waals surface area contributed by atoms with Crippen molar-refractivity contribution < 1.29 is 14.3 Å². The molecule has 3 heterocycles. The summed E-state index contributed by atoms with van der Waals surface area (Å²) in [5, 5.41) is 6.35. The van der Waals surface area contributed by atoms with Gasteiger partial charge in [-0.3, -0.25) is 9.59 Å². The van der Waals surface area contributed by atoms with Crippen LogP contribution in [0.4, 0.5) is 0 Å². The molecule has 24 heavy (non-hydrogen) atoms. The molecule has 0 amide bonds. The first kappa shape index (κ1) is 16.2. The summed E-state index contributed by atoms with van der Waals surface area (Å²) >= 11 is 6.99. The van der Waals surface area contributed by atoms with Crippen molar-refractivity contribution in [3.05, 3.63) is 55.2 Å². The Morgan fingerprint density at radius 3 is 2.54 bits per heavy atom. The lowest BCUT2D eigenvalue weighted by Crippen LogP contribution is -2.45. The Labute approximate surface area is 155 Å². The van der Waals surface area contributed by atoms with Gasteiger partial charge in [0, 0.05) is 43.9 Å². The fourth-order valence-corrected chi connectivity index (χ4v) is 4.11. The molecule has 2 N–H and O–H groups in total. The third-order valence-electron chi connectivity index (χ3n) is 4.47. The van der Waals surface area contributed by atoms with Gasteiger partial charge in [0.25, 0.3) is 0 Å². The summed E-state index contributed by atoms with van der Waals surface area (Å²) in [6, 6.07) is 5.85. The number of hydrogen-bond donors (Lipinski definition) is 2. The van der Waals surface area contributed by atoms with E-state index in [1.807, 2.05) is 18.2 Å². The molecular weight excluding hydrogens is 440 g/mol. The van der Waals surface area contributed by atoms with Gasteiger partial charge in [-0.1, -0.05) is 6.07 Å². The normalized spacial score (nSPS) is 23.8. The zero-order valence-corrected chi connectivity index (χ0v) is 15.8. The third-order valence-corrected chi connectivity index (χ3v) is 6.35. The molecule has 0 aromatic heterocycles. The van der Waals surface area contributed by atoms with Crippen molar-refractivity contribution in [3.63, 3.8) is 0 Å². The summed E-state index contributed by atoms with van der Waals surface area (Å²) in [4.78, 5) is 25.2. The van der Waals surface area contributed by atoms with Crippen molar-refractivity contribution in [2.75, 3.05) is 26.3 Å². The van der Waals surface area contributed by atoms with E-state index in [0.717, 1.165) is 25.9 Å². The van der Waals surface area contributed by atoms with Gasteiger partial charge in [-0.2, -0.15) is 0 Å². The molecule has 1 aromatic rings. The summed E-state index contributed by atoms with van der Waals surface area (Å²) in [6.45, 7) is 1.30. The van der Waals surface area contributed by atoms with E-state index in [2.05, 4.69) is 42.5 Å². The van der Waals surface area contributed by atoms with Crippen LogP contribution in [0, 0.1) is 0 Å². The van der Waals surface area contributed by atoms with Gasteiger partial charge in [0.15, 0.2) is 11.6 Å². The Morgan fingerprint density at radius 1 is 0.958 bits per heavy atom. The molecule has 1 aromatic carbocycles. The Morgan fingerprint density at radius 2 is 1.75 bits per heavy atom. The van der Waals surface area contributed by atoms with E-state index in [4.69, 9.17) is 4.74 Å². The molecular formula is C17H14Br2N2O3. The highest BCUT2D eigenvalue weighted by atomic mass is 79.9. The van der Waals surface area contributed by atoms with Crippen LogP contribution in [0.3, 0.4) is 0 Å². The molecule has 0 bridgehead atoms. The molecule has 0 spiro atoms. The molecule has 7 heteroatoms. The molecule has 3 aliphatic heterocycles. The molecule has 0 aliphatic carbocycles. The van der Waals surface area contributed by atoms with Crippen LogP contribution >= 0.6 is 31.9 Å². The molecule has 3 aliphatic rings. The highest BCUT2D eigenvalue weighted by Crippen LogP contribution is 2.42. The van der Waals surface area contributed by atoms with Crippen LogP contribution in [-0.2, 0) is 14.3 Å². The fourth-order valence-electron chi connectivity index (χ4n) is 3.47. The van der Waals surface area contributed by atoms with Crippen LogP contribution in [0.25, 0.3) is 0 Å². The molecule has 0 radical (unpaired) electrons. The minimum Gasteiger partial charge on any atom is -0.367 e. The monoisotopic (exact) mass is 452 g/mol. The zero-order valence-electron chi connectivity index (χ0n) is 12.6. The van der Waals surface area contributed by atoms with Gasteiger partial charge in [0.1, 0.15) is 6.61 Å². The first-order valence-corrected chi connectivity index (χ1v) is 9.17. The minimum atomic E-state index is -0.341. The molecule has 4 rings (SSSR count). The maximum absolute atomic E-state index is 12.6. The van der Waals surface area contributed by atoms with Gasteiger partial charge >= 0.3 is 0 Å². The van der Waals surface area contributed by atoms with Gasteiger partial charge in [-0.15, -0.1) is 0 Å². The lowest BCUT2D eigenvalue weighted by Gasteiger charge is -2.37.